The lowest BCUT2D eigenvalue weighted by Crippen LogP contribution is -2.28. The van der Waals surface area contributed by atoms with E-state index in [1.165, 1.54) is 31.3 Å². The van der Waals surface area contributed by atoms with Gasteiger partial charge in [0.25, 0.3) is 0 Å². The predicted molar refractivity (Wildman–Crippen MR) is 102 cm³/mol. The molecule has 0 spiro atoms. The van der Waals surface area contributed by atoms with Crippen LogP contribution >= 0.6 is 11.3 Å². The number of benzene rings is 2. The van der Waals surface area contributed by atoms with Gasteiger partial charge >= 0.3 is 5.97 Å². The molecular weight excluding hydrogens is 354 g/mol. The number of hydrogen-bond acceptors (Lipinski definition) is 6. The summed E-state index contributed by atoms with van der Waals surface area (Å²) in [6.07, 6.45) is 0. The highest BCUT2D eigenvalue weighted by Gasteiger charge is 2.35. The van der Waals surface area contributed by atoms with Gasteiger partial charge in [0.15, 0.2) is 5.43 Å². The summed E-state index contributed by atoms with van der Waals surface area (Å²) >= 11 is 1.33. The van der Waals surface area contributed by atoms with Crippen LogP contribution in [0.2, 0.25) is 0 Å². The topological polar surface area (TPSA) is 86.5 Å². The molecule has 2 aromatic carbocycles. The average Bonchev–Trinajstić information content (AvgIpc) is 2.61. The Labute approximate surface area is 153 Å². The summed E-state index contributed by atoms with van der Waals surface area (Å²) in [4.78, 5) is 36.5. The highest BCUT2D eigenvalue weighted by atomic mass is 32.1. The molecule has 26 heavy (non-hydrogen) atoms. The normalized spacial score (nSPS) is 11.7. The summed E-state index contributed by atoms with van der Waals surface area (Å²) in [5.74, 6) is -0.655. The maximum atomic E-state index is 13.0. The summed E-state index contributed by atoms with van der Waals surface area (Å²) < 4.78 is 6.38. The molecule has 134 valence electrons. The van der Waals surface area contributed by atoms with Crippen molar-refractivity contribution in [1.82, 2.24) is 0 Å². The van der Waals surface area contributed by atoms with Gasteiger partial charge in [0, 0.05) is 39.1 Å². The van der Waals surface area contributed by atoms with Crippen molar-refractivity contribution in [3.63, 3.8) is 0 Å². The fourth-order valence-corrected chi connectivity index (χ4v) is 3.90. The van der Waals surface area contributed by atoms with Gasteiger partial charge in [-0.3, -0.25) is 14.9 Å². The Bertz CT molecular complexity index is 1100. The number of fused-ring (bicyclic) bond motifs is 2. The number of nitrogens with zero attached hydrogens (tertiary/aromatic N) is 1. The molecule has 0 bridgehead atoms. The maximum Gasteiger partial charge on any atom is 0.338 e. The molecule has 1 aromatic heterocycles. The van der Waals surface area contributed by atoms with E-state index in [-0.39, 0.29) is 23.0 Å². The molecule has 0 atom stereocenters. The smallest absolute Gasteiger partial charge is 0.338 e. The average molecular weight is 371 g/mol. The van der Waals surface area contributed by atoms with E-state index in [1.54, 1.807) is 25.1 Å². The number of hydrogen-bond donors (Lipinski definition) is 0. The fourth-order valence-electron chi connectivity index (χ4n) is 2.75. The van der Waals surface area contributed by atoms with Gasteiger partial charge in [0.2, 0.25) is 5.54 Å². The third-order valence-corrected chi connectivity index (χ3v) is 5.46. The van der Waals surface area contributed by atoms with Gasteiger partial charge in [-0.2, -0.15) is 0 Å². The van der Waals surface area contributed by atoms with Crippen LogP contribution in [0.25, 0.3) is 20.2 Å². The first-order valence-corrected chi connectivity index (χ1v) is 8.90. The van der Waals surface area contributed by atoms with Gasteiger partial charge in [-0.25, -0.2) is 4.79 Å². The zero-order valence-electron chi connectivity index (χ0n) is 14.6. The second-order valence-electron chi connectivity index (χ2n) is 6.36. The Hall–Kier alpha value is -2.80. The Morgan fingerprint density at radius 2 is 1.92 bits per heavy atom. The van der Waals surface area contributed by atoms with Crippen LogP contribution in [0.1, 0.15) is 36.7 Å². The second kappa shape index (κ2) is 6.49. The van der Waals surface area contributed by atoms with E-state index in [2.05, 4.69) is 0 Å². The highest BCUT2D eigenvalue weighted by molar-refractivity contribution is 7.24. The van der Waals surface area contributed by atoms with Gasteiger partial charge < -0.3 is 4.74 Å². The van der Waals surface area contributed by atoms with E-state index in [9.17, 15) is 19.7 Å². The molecule has 0 saturated heterocycles. The Morgan fingerprint density at radius 3 is 2.58 bits per heavy atom. The third kappa shape index (κ3) is 2.84. The van der Waals surface area contributed by atoms with Crippen LogP contribution in [0.4, 0.5) is 0 Å². The van der Waals surface area contributed by atoms with Crippen LogP contribution in [0.5, 0.6) is 0 Å². The third-order valence-electron chi connectivity index (χ3n) is 4.34. The molecule has 0 unspecified atom stereocenters. The highest BCUT2D eigenvalue weighted by Crippen LogP contribution is 2.33. The molecule has 0 aliphatic rings. The number of carbonyl (C=O) groups excluding carboxylic acids is 1. The van der Waals surface area contributed by atoms with Crippen LogP contribution in [-0.2, 0) is 10.3 Å². The van der Waals surface area contributed by atoms with Gasteiger partial charge in [0.05, 0.1) is 17.6 Å². The quantitative estimate of drug-likeness (QED) is 0.298. The number of carbonyl (C=O) groups is 1. The summed E-state index contributed by atoms with van der Waals surface area (Å²) in [6.45, 7) is 4.75. The van der Waals surface area contributed by atoms with Crippen molar-refractivity contribution in [2.75, 3.05) is 6.61 Å². The molecule has 0 fully saturated rings. The van der Waals surface area contributed by atoms with Crippen LogP contribution in [0, 0.1) is 10.1 Å². The van der Waals surface area contributed by atoms with Crippen molar-refractivity contribution in [2.45, 2.75) is 26.3 Å². The van der Waals surface area contributed by atoms with Crippen molar-refractivity contribution < 1.29 is 14.5 Å². The van der Waals surface area contributed by atoms with E-state index < -0.39 is 16.4 Å². The van der Waals surface area contributed by atoms with E-state index in [1.807, 2.05) is 12.1 Å². The van der Waals surface area contributed by atoms with E-state index in [4.69, 9.17) is 4.74 Å². The first-order chi connectivity index (χ1) is 12.3. The summed E-state index contributed by atoms with van der Waals surface area (Å²) in [5, 5.41) is 12.2. The number of esters is 1. The lowest BCUT2D eigenvalue weighted by atomic mass is 9.92. The van der Waals surface area contributed by atoms with Crippen molar-refractivity contribution in [1.29, 1.82) is 0 Å². The number of rotatable bonds is 4. The van der Waals surface area contributed by atoms with Crippen molar-refractivity contribution in [2.24, 2.45) is 0 Å². The van der Waals surface area contributed by atoms with Crippen molar-refractivity contribution in [3.05, 3.63) is 67.9 Å². The largest absolute Gasteiger partial charge is 0.462 e. The molecule has 1 heterocycles. The minimum absolute atomic E-state index is 0.0706. The molecule has 0 radical (unpaired) electrons. The summed E-state index contributed by atoms with van der Waals surface area (Å²) in [7, 11) is 0. The minimum atomic E-state index is -1.41. The van der Waals surface area contributed by atoms with Gasteiger partial charge in [-0.1, -0.05) is 12.1 Å². The van der Waals surface area contributed by atoms with Gasteiger partial charge in [-0.05, 0) is 31.2 Å². The van der Waals surface area contributed by atoms with Crippen LogP contribution in [0.3, 0.4) is 0 Å². The zero-order chi connectivity index (χ0) is 19.1. The molecule has 0 aliphatic heterocycles. The molecule has 0 aliphatic carbocycles. The molecule has 3 aromatic rings. The van der Waals surface area contributed by atoms with Crippen LogP contribution < -0.4 is 5.43 Å². The first kappa shape index (κ1) is 18.0. The molecule has 0 saturated carbocycles. The molecular formula is C19H17NO5S. The van der Waals surface area contributed by atoms with E-state index in [0.29, 0.717) is 15.6 Å². The monoisotopic (exact) mass is 371 g/mol. The van der Waals surface area contributed by atoms with Crippen molar-refractivity contribution >= 4 is 37.5 Å². The summed E-state index contributed by atoms with van der Waals surface area (Å²) in [6, 6.07) is 10.1. The number of ether oxygens (including phenoxy) is 1. The summed E-state index contributed by atoms with van der Waals surface area (Å²) in [5.41, 5.74) is -1.26. The van der Waals surface area contributed by atoms with Crippen molar-refractivity contribution in [3.8, 4) is 0 Å². The lowest BCUT2D eigenvalue weighted by molar-refractivity contribution is -0.569. The number of nitro groups is 1. The molecule has 0 amide bonds. The van der Waals surface area contributed by atoms with Gasteiger partial charge in [0.1, 0.15) is 0 Å². The zero-order valence-corrected chi connectivity index (χ0v) is 15.4. The Morgan fingerprint density at radius 1 is 1.23 bits per heavy atom. The molecule has 6 nitrogen and oxygen atoms in total. The maximum absolute atomic E-state index is 13.0. The second-order valence-corrected chi connectivity index (χ2v) is 7.44. The van der Waals surface area contributed by atoms with Crippen LogP contribution in [0.15, 0.2) is 41.2 Å². The Balaban J connectivity index is 2.46. The van der Waals surface area contributed by atoms with E-state index >= 15 is 0 Å². The molecule has 3 rings (SSSR count). The first-order valence-electron chi connectivity index (χ1n) is 8.09. The fraction of sp³-hybridized carbons (Fsp3) is 0.263. The van der Waals surface area contributed by atoms with E-state index in [0.717, 1.165) is 4.70 Å². The standard InChI is InChI=1S/C19H17NO5S/c1-4-25-18(22)13-9-11(19(2,3)20(23)24)10-15-16(13)17(21)12-7-5-6-8-14(12)26-15/h5-10H,4H2,1-3H3. The minimum Gasteiger partial charge on any atom is -0.462 e. The Kier molecular flexibility index (Phi) is 4.50. The predicted octanol–water partition coefficient (Wildman–Crippen LogP) is 4.10. The van der Waals surface area contributed by atoms with Gasteiger partial charge in [-0.15, -0.1) is 11.3 Å². The molecule has 0 N–H and O–H groups in total. The van der Waals surface area contributed by atoms with Crippen LogP contribution in [-0.4, -0.2) is 17.5 Å². The SMILES string of the molecule is CCOC(=O)c1cc(C(C)(C)[N+](=O)[O-])cc2sc3ccccc3c(=O)c12. The molecule has 7 heteroatoms. The lowest BCUT2D eigenvalue weighted by Gasteiger charge is -2.18.